The Morgan fingerprint density at radius 3 is 2.52 bits per heavy atom. The molecule has 1 aliphatic heterocycles. The molecule has 7 heteroatoms. The first kappa shape index (κ1) is 14.6. The van der Waals surface area contributed by atoms with Gasteiger partial charge in [0.2, 0.25) is 5.82 Å². The van der Waals surface area contributed by atoms with Gasteiger partial charge >= 0.3 is 6.01 Å². The number of hydrogen-bond donors (Lipinski definition) is 1. The Hall–Kier alpha value is -1.30. The summed E-state index contributed by atoms with van der Waals surface area (Å²) >= 11 is 12.0. The van der Waals surface area contributed by atoms with Crippen molar-refractivity contribution in [3.8, 4) is 11.4 Å². The predicted molar refractivity (Wildman–Crippen MR) is 84.0 cm³/mol. The van der Waals surface area contributed by atoms with Gasteiger partial charge in [0, 0.05) is 28.7 Å². The van der Waals surface area contributed by atoms with Crippen LogP contribution in [-0.2, 0) is 0 Å². The molecular formula is C14H16Cl2N4O. The first-order valence-corrected chi connectivity index (χ1v) is 7.63. The number of nitrogens with zero attached hydrogens (tertiary/aromatic N) is 3. The summed E-state index contributed by atoms with van der Waals surface area (Å²) < 4.78 is 5.37. The molecule has 112 valence electrons. The van der Waals surface area contributed by atoms with Crippen LogP contribution in [0.15, 0.2) is 22.7 Å². The van der Waals surface area contributed by atoms with Crippen molar-refractivity contribution in [1.82, 2.24) is 15.5 Å². The van der Waals surface area contributed by atoms with Crippen LogP contribution in [0.2, 0.25) is 10.0 Å². The average molecular weight is 327 g/mol. The van der Waals surface area contributed by atoms with Gasteiger partial charge in [-0.15, -0.1) is 0 Å². The summed E-state index contributed by atoms with van der Waals surface area (Å²) in [4.78, 5) is 6.49. The van der Waals surface area contributed by atoms with Crippen LogP contribution >= 0.6 is 23.2 Å². The number of benzene rings is 1. The van der Waals surface area contributed by atoms with E-state index < -0.39 is 0 Å². The Balaban J connectivity index is 1.82. The van der Waals surface area contributed by atoms with Gasteiger partial charge in [-0.1, -0.05) is 28.4 Å². The topological polar surface area (TPSA) is 54.2 Å². The third-order valence-electron chi connectivity index (χ3n) is 3.69. The number of rotatable bonds is 3. The van der Waals surface area contributed by atoms with Crippen LogP contribution in [-0.4, -0.2) is 36.3 Å². The molecule has 1 aliphatic rings. The van der Waals surface area contributed by atoms with E-state index in [1.807, 2.05) is 11.9 Å². The van der Waals surface area contributed by atoms with Crippen LogP contribution in [0.5, 0.6) is 0 Å². The minimum atomic E-state index is 0.419. The van der Waals surface area contributed by atoms with Gasteiger partial charge in [-0.3, -0.25) is 0 Å². The molecule has 0 unspecified atom stereocenters. The summed E-state index contributed by atoms with van der Waals surface area (Å²) in [6.07, 6.45) is 2.13. The number of anilines is 1. The first-order chi connectivity index (χ1) is 10.1. The van der Waals surface area contributed by atoms with E-state index in [-0.39, 0.29) is 0 Å². The number of piperidine rings is 1. The Kier molecular flexibility index (Phi) is 4.33. The van der Waals surface area contributed by atoms with E-state index in [0.29, 0.717) is 27.9 Å². The molecular weight excluding hydrogens is 311 g/mol. The Morgan fingerprint density at radius 1 is 1.19 bits per heavy atom. The molecule has 1 aromatic heterocycles. The normalized spacial score (nSPS) is 16.1. The lowest BCUT2D eigenvalue weighted by Gasteiger charge is -2.29. The standard InChI is InChI=1S/C14H16Cl2N4O/c1-20(12-2-4-17-5-3-12)14-18-13(19-21-14)9-6-10(15)8-11(16)7-9/h6-8,12,17H,2-5H2,1H3. The van der Waals surface area contributed by atoms with E-state index in [1.165, 1.54) is 0 Å². The van der Waals surface area contributed by atoms with Crippen molar-refractivity contribution in [3.05, 3.63) is 28.2 Å². The lowest BCUT2D eigenvalue weighted by molar-refractivity contribution is 0.380. The molecule has 0 atom stereocenters. The lowest BCUT2D eigenvalue weighted by Crippen LogP contribution is -2.41. The molecule has 0 bridgehead atoms. The maximum Gasteiger partial charge on any atom is 0.324 e. The van der Waals surface area contributed by atoms with Crippen LogP contribution in [0.1, 0.15) is 12.8 Å². The van der Waals surface area contributed by atoms with Crippen LogP contribution in [0.3, 0.4) is 0 Å². The summed E-state index contributed by atoms with van der Waals surface area (Å²) in [7, 11) is 1.98. The second-order valence-corrected chi connectivity index (χ2v) is 6.02. The summed E-state index contributed by atoms with van der Waals surface area (Å²) in [5.74, 6) is 0.496. The summed E-state index contributed by atoms with van der Waals surface area (Å²) in [5, 5.41) is 8.47. The minimum Gasteiger partial charge on any atom is -0.324 e. The van der Waals surface area contributed by atoms with Crippen molar-refractivity contribution >= 4 is 29.2 Å². The molecule has 0 amide bonds. The Morgan fingerprint density at radius 2 is 1.86 bits per heavy atom. The van der Waals surface area contributed by atoms with Gasteiger partial charge in [-0.2, -0.15) is 4.98 Å². The molecule has 2 aromatic rings. The Labute approximate surface area is 133 Å². The monoisotopic (exact) mass is 326 g/mol. The van der Waals surface area contributed by atoms with E-state index in [2.05, 4.69) is 15.5 Å². The molecule has 0 radical (unpaired) electrons. The second-order valence-electron chi connectivity index (χ2n) is 5.15. The van der Waals surface area contributed by atoms with E-state index in [0.717, 1.165) is 31.5 Å². The number of nitrogens with one attached hydrogen (secondary N) is 1. The van der Waals surface area contributed by atoms with Crippen LogP contribution in [0, 0.1) is 0 Å². The van der Waals surface area contributed by atoms with Crippen molar-refractivity contribution in [2.75, 3.05) is 25.0 Å². The minimum absolute atomic E-state index is 0.419. The van der Waals surface area contributed by atoms with Crippen LogP contribution < -0.4 is 10.2 Å². The fourth-order valence-electron chi connectivity index (χ4n) is 2.51. The smallest absolute Gasteiger partial charge is 0.324 e. The molecule has 21 heavy (non-hydrogen) atoms. The van der Waals surface area contributed by atoms with Gasteiger partial charge in [0.1, 0.15) is 0 Å². The SMILES string of the molecule is CN(c1nc(-c2cc(Cl)cc(Cl)c2)no1)C1CCNCC1. The number of aromatic nitrogens is 2. The Bertz CT molecular complexity index is 605. The summed E-state index contributed by atoms with van der Waals surface area (Å²) in [5.41, 5.74) is 0.751. The van der Waals surface area contributed by atoms with E-state index in [9.17, 15) is 0 Å². The third kappa shape index (κ3) is 3.31. The van der Waals surface area contributed by atoms with Gasteiger partial charge in [-0.05, 0) is 44.1 Å². The first-order valence-electron chi connectivity index (χ1n) is 6.87. The summed E-state index contributed by atoms with van der Waals surface area (Å²) in [6, 6.07) is 6.16. The number of halogens is 2. The van der Waals surface area contributed by atoms with Gasteiger partial charge < -0.3 is 14.7 Å². The molecule has 0 aliphatic carbocycles. The zero-order chi connectivity index (χ0) is 14.8. The summed E-state index contributed by atoms with van der Waals surface area (Å²) in [6.45, 7) is 2.03. The molecule has 1 N–H and O–H groups in total. The van der Waals surface area contributed by atoms with Crippen molar-refractivity contribution in [2.24, 2.45) is 0 Å². The van der Waals surface area contributed by atoms with E-state index >= 15 is 0 Å². The highest BCUT2D eigenvalue weighted by Gasteiger charge is 2.22. The van der Waals surface area contributed by atoms with Crippen molar-refractivity contribution in [3.63, 3.8) is 0 Å². The molecule has 0 saturated carbocycles. The maximum atomic E-state index is 6.00. The van der Waals surface area contributed by atoms with Gasteiger partial charge in [0.15, 0.2) is 0 Å². The third-order valence-corrected chi connectivity index (χ3v) is 4.13. The van der Waals surface area contributed by atoms with Crippen LogP contribution in [0.4, 0.5) is 6.01 Å². The van der Waals surface area contributed by atoms with Crippen molar-refractivity contribution in [1.29, 1.82) is 0 Å². The molecule has 0 spiro atoms. The second kappa shape index (κ2) is 6.22. The van der Waals surface area contributed by atoms with E-state index in [1.54, 1.807) is 18.2 Å². The molecule has 2 heterocycles. The van der Waals surface area contributed by atoms with Gasteiger partial charge in [0.05, 0.1) is 0 Å². The highest BCUT2D eigenvalue weighted by Crippen LogP contribution is 2.27. The zero-order valence-corrected chi connectivity index (χ0v) is 13.2. The molecule has 1 saturated heterocycles. The average Bonchev–Trinajstić information content (AvgIpc) is 2.96. The largest absolute Gasteiger partial charge is 0.324 e. The zero-order valence-electron chi connectivity index (χ0n) is 11.6. The van der Waals surface area contributed by atoms with Crippen molar-refractivity contribution < 1.29 is 4.52 Å². The van der Waals surface area contributed by atoms with E-state index in [4.69, 9.17) is 27.7 Å². The predicted octanol–water partition coefficient (Wildman–Crippen LogP) is 3.23. The molecule has 1 fully saturated rings. The molecule has 5 nitrogen and oxygen atoms in total. The number of hydrogen-bond acceptors (Lipinski definition) is 5. The van der Waals surface area contributed by atoms with Crippen LogP contribution in [0.25, 0.3) is 11.4 Å². The quantitative estimate of drug-likeness (QED) is 0.938. The highest BCUT2D eigenvalue weighted by atomic mass is 35.5. The van der Waals surface area contributed by atoms with Crippen molar-refractivity contribution in [2.45, 2.75) is 18.9 Å². The highest BCUT2D eigenvalue weighted by molar-refractivity contribution is 6.35. The van der Waals surface area contributed by atoms with Gasteiger partial charge in [0.25, 0.3) is 0 Å². The van der Waals surface area contributed by atoms with Gasteiger partial charge in [-0.25, -0.2) is 0 Å². The fraction of sp³-hybridized carbons (Fsp3) is 0.429. The molecule has 3 rings (SSSR count). The molecule has 1 aromatic carbocycles. The fourth-order valence-corrected chi connectivity index (χ4v) is 3.04. The maximum absolute atomic E-state index is 6.00. The lowest BCUT2D eigenvalue weighted by atomic mass is 10.1.